The number of anilines is 3. The fourth-order valence-corrected chi connectivity index (χ4v) is 1.27. The SMILES string of the molecule is CCCNc1nc(NCCOC(N)=O)nc(N(C)C)n1. The van der Waals surface area contributed by atoms with E-state index in [9.17, 15) is 4.79 Å². The summed E-state index contributed by atoms with van der Waals surface area (Å²) in [4.78, 5) is 25.0. The highest BCUT2D eigenvalue weighted by molar-refractivity contribution is 5.64. The molecular formula is C11H21N7O2. The van der Waals surface area contributed by atoms with Crippen molar-refractivity contribution in [2.75, 3.05) is 49.3 Å². The van der Waals surface area contributed by atoms with Crippen molar-refractivity contribution in [2.24, 2.45) is 5.73 Å². The molecule has 1 amide bonds. The fourth-order valence-electron chi connectivity index (χ4n) is 1.27. The molecule has 9 heteroatoms. The zero-order chi connectivity index (χ0) is 15.0. The molecule has 1 aromatic heterocycles. The van der Waals surface area contributed by atoms with Crippen LogP contribution in [0, 0.1) is 0 Å². The quantitative estimate of drug-likeness (QED) is 0.582. The molecule has 0 bridgehead atoms. The monoisotopic (exact) mass is 283 g/mol. The van der Waals surface area contributed by atoms with E-state index in [0.29, 0.717) is 24.4 Å². The molecule has 4 N–H and O–H groups in total. The highest BCUT2D eigenvalue weighted by Crippen LogP contribution is 2.11. The minimum atomic E-state index is -0.804. The summed E-state index contributed by atoms with van der Waals surface area (Å²) in [7, 11) is 3.69. The fraction of sp³-hybridized carbons (Fsp3) is 0.636. The van der Waals surface area contributed by atoms with Crippen LogP contribution in [-0.2, 0) is 4.74 Å². The number of aromatic nitrogens is 3. The number of nitrogens with zero attached hydrogens (tertiary/aromatic N) is 4. The number of primary amides is 1. The molecule has 0 saturated carbocycles. The predicted molar refractivity (Wildman–Crippen MR) is 77.0 cm³/mol. The molecule has 0 atom stereocenters. The van der Waals surface area contributed by atoms with Crippen LogP contribution in [-0.4, -0.2) is 54.8 Å². The van der Waals surface area contributed by atoms with Gasteiger partial charge in [0.15, 0.2) is 0 Å². The molecule has 1 rings (SSSR count). The van der Waals surface area contributed by atoms with Crippen LogP contribution in [0.5, 0.6) is 0 Å². The number of nitrogens with two attached hydrogens (primary N) is 1. The number of ether oxygens (including phenoxy) is 1. The number of hydrogen-bond donors (Lipinski definition) is 3. The molecule has 0 fully saturated rings. The number of hydrogen-bond acceptors (Lipinski definition) is 8. The van der Waals surface area contributed by atoms with Gasteiger partial charge in [-0.3, -0.25) is 0 Å². The molecule has 0 radical (unpaired) electrons. The summed E-state index contributed by atoms with van der Waals surface area (Å²) in [5.41, 5.74) is 4.87. The van der Waals surface area contributed by atoms with E-state index >= 15 is 0 Å². The summed E-state index contributed by atoms with van der Waals surface area (Å²) >= 11 is 0. The first-order valence-corrected chi connectivity index (χ1v) is 6.36. The molecule has 0 aliphatic rings. The van der Waals surface area contributed by atoms with E-state index < -0.39 is 6.09 Å². The molecule has 0 spiro atoms. The Morgan fingerprint density at radius 1 is 1.20 bits per heavy atom. The van der Waals surface area contributed by atoms with Crippen LogP contribution in [0.15, 0.2) is 0 Å². The standard InChI is InChI=1S/C11H21N7O2/c1-4-5-13-9-15-10(14-6-7-20-8(12)19)17-11(16-9)18(2)3/h4-7H2,1-3H3,(H2,12,19)(H2,13,14,15,16,17). The lowest BCUT2D eigenvalue weighted by molar-refractivity contribution is 0.161. The molecule has 0 aliphatic carbocycles. The minimum Gasteiger partial charge on any atom is -0.448 e. The topological polar surface area (TPSA) is 118 Å². The number of nitrogens with one attached hydrogen (secondary N) is 2. The Morgan fingerprint density at radius 2 is 1.80 bits per heavy atom. The third-order valence-corrected chi connectivity index (χ3v) is 2.19. The molecule has 0 saturated heterocycles. The average Bonchev–Trinajstić information content (AvgIpc) is 2.41. The van der Waals surface area contributed by atoms with E-state index in [4.69, 9.17) is 5.73 Å². The maximum Gasteiger partial charge on any atom is 0.404 e. The number of carbonyl (C=O) groups is 1. The van der Waals surface area contributed by atoms with Gasteiger partial charge >= 0.3 is 6.09 Å². The van der Waals surface area contributed by atoms with E-state index in [1.54, 1.807) is 4.90 Å². The summed E-state index contributed by atoms with van der Waals surface area (Å²) in [6.45, 7) is 3.35. The molecule has 20 heavy (non-hydrogen) atoms. The lowest BCUT2D eigenvalue weighted by atomic mass is 10.5. The first-order valence-electron chi connectivity index (χ1n) is 6.36. The summed E-state index contributed by atoms with van der Waals surface area (Å²) in [5.74, 6) is 1.45. The van der Waals surface area contributed by atoms with Crippen molar-refractivity contribution in [1.82, 2.24) is 15.0 Å². The van der Waals surface area contributed by atoms with Crippen LogP contribution in [0.25, 0.3) is 0 Å². The van der Waals surface area contributed by atoms with Gasteiger partial charge in [0.25, 0.3) is 0 Å². The molecule has 0 aliphatic heterocycles. The van der Waals surface area contributed by atoms with Crippen molar-refractivity contribution < 1.29 is 9.53 Å². The zero-order valence-electron chi connectivity index (χ0n) is 12.0. The van der Waals surface area contributed by atoms with E-state index in [2.05, 4.69) is 37.2 Å². The van der Waals surface area contributed by atoms with Gasteiger partial charge in [-0.25, -0.2) is 4.79 Å². The van der Waals surface area contributed by atoms with E-state index in [1.807, 2.05) is 14.1 Å². The lowest BCUT2D eigenvalue weighted by Crippen LogP contribution is -2.21. The number of carbonyl (C=O) groups excluding carboxylic acids is 1. The summed E-state index contributed by atoms with van der Waals surface area (Å²) in [5, 5.41) is 6.05. The average molecular weight is 283 g/mol. The van der Waals surface area contributed by atoms with Gasteiger partial charge in [0.1, 0.15) is 6.61 Å². The van der Waals surface area contributed by atoms with Crippen LogP contribution in [0.2, 0.25) is 0 Å². The van der Waals surface area contributed by atoms with Gasteiger partial charge < -0.3 is 26.0 Å². The van der Waals surface area contributed by atoms with Gasteiger partial charge in [-0.05, 0) is 6.42 Å². The van der Waals surface area contributed by atoms with Crippen LogP contribution >= 0.6 is 0 Å². The van der Waals surface area contributed by atoms with E-state index in [0.717, 1.165) is 13.0 Å². The molecule has 1 aromatic rings. The van der Waals surface area contributed by atoms with Gasteiger partial charge in [0, 0.05) is 20.6 Å². The van der Waals surface area contributed by atoms with Crippen LogP contribution in [0.1, 0.15) is 13.3 Å². The van der Waals surface area contributed by atoms with Crippen molar-refractivity contribution in [2.45, 2.75) is 13.3 Å². The second-order valence-corrected chi connectivity index (χ2v) is 4.20. The van der Waals surface area contributed by atoms with E-state index in [-0.39, 0.29) is 6.61 Å². The second-order valence-electron chi connectivity index (χ2n) is 4.20. The largest absolute Gasteiger partial charge is 0.448 e. The van der Waals surface area contributed by atoms with Gasteiger partial charge in [0.2, 0.25) is 17.8 Å². The first kappa shape index (κ1) is 15.7. The van der Waals surface area contributed by atoms with E-state index in [1.165, 1.54) is 0 Å². The van der Waals surface area contributed by atoms with Crippen LogP contribution < -0.4 is 21.3 Å². The summed E-state index contributed by atoms with van der Waals surface area (Å²) in [6, 6.07) is 0. The molecule has 9 nitrogen and oxygen atoms in total. The van der Waals surface area contributed by atoms with Crippen molar-refractivity contribution in [3.8, 4) is 0 Å². The molecule has 0 unspecified atom stereocenters. The highest BCUT2D eigenvalue weighted by Gasteiger charge is 2.07. The van der Waals surface area contributed by atoms with Gasteiger partial charge in [-0.2, -0.15) is 15.0 Å². The Hall–Kier alpha value is -2.32. The Balaban J connectivity index is 2.67. The lowest BCUT2D eigenvalue weighted by Gasteiger charge is -2.14. The van der Waals surface area contributed by atoms with Crippen molar-refractivity contribution in [3.05, 3.63) is 0 Å². The minimum absolute atomic E-state index is 0.149. The van der Waals surface area contributed by atoms with Crippen LogP contribution in [0.3, 0.4) is 0 Å². The Kier molecular flexibility index (Phi) is 6.27. The Bertz CT molecular complexity index is 439. The first-order chi connectivity index (χ1) is 9.52. The second kappa shape index (κ2) is 7.97. The highest BCUT2D eigenvalue weighted by atomic mass is 16.5. The molecule has 0 aromatic carbocycles. The van der Waals surface area contributed by atoms with Crippen molar-refractivity contribution in [3.63, 3.8) is 0 Å². The molecular weight excluding hydrogens is 262 g/mol. The zero-order valence-corrected chi connectivity index (χ0v) is 12.0. The number of amides is 1. The van der Waals surface area contributed by atoms with Gasteiger partial charge in [0.05, 0.1) is 6.54 Å². The summed E-state index contributed by atoms with van der Waals surface area (Å²) in [6.07, 6.45) is 0.166. The maximum atomic E-state index is 10.4. The predicted octanol–water partition coefficient (Wildman–Crippen LogP) is 0.267. The maximum absolute atomic E-state index is 10.4. The Labute approximate surface area is 117 Å². The molecule has 1 heterocycles. The van der Waals surface area contributed by atoms with Crippen molar-refractivity contribution >= 4 is 23.9 Å². The summed E-state index contributed by atoms with van der Waals surface area (Å²) < 4.78 is 4.62. The van der Waals surface area contributed by atoms with Crippen LogP contribution in [0.4, 0.5) is 22.6 Å². The molecule has 112 valence electrons. The van der Waals surface area contributed by atoms with Gasteiger partial charge in [-0.15, -0.1) is 0 Å². The van der Waals surface area contributed by atoms with Gasteiger partial charge in [-0.1, -0.05) is 6.92 Å². The third kappa shape index (κ3) is 5.55. The Morgan fingerprint density at radius 3 is 2.30 bits per heavy atom. The smallest absolute Gasteiger partial charge is 0.404 e. The van der Waals surface area contributed by atoms with Crippen molar-refractivity contribution in [1.29, 1.82) is 0 Å². The number of rotatable bonds is 8. The third-order valence-electron chi connectivity index (χ3n) is 2.19. The normalized spacial score (nSPS) is 9.95.